The number of likely N-dealkylation sites (tertiary alicyclic amines) is 1. The van der Waals surface area contributed by atoms with E-state index in [1.165, 1.54) is 5.56 Å². The fraction of sp³-hybridized carbons (Fsp3) is 0.667. The molecule has 1 aromatic rings. The second-order valence-electron chi connectivity index (χ2n) is 7.16. The molecular weight excluding hydrogens is 322 g/mol. The molecule has 0 spiro atoms. The van der Waals surface area contributed by atoms with Crippen LogP contribution in [0.4, 0.5) is 0 Å². The molecule has 1 aromatic heterocycles. The highest BCUT2D eigenvalue weighted by molar-refractivity contribution is 7.07. The molecule has 0 bridgehead atoms. The van der Waals surface area contributed by atoms with Crippen molar-refractivity contribution < 1.29 is 9.59 Å². The minimum absolute atomic E-state index is 0.0403. The number of piperidine rings is 1. The first-order valence-electron chi connectivity index (χ1n) is 8.81. The van der Waals surface area contributed by atoms with Crippen LogP contribution in [-0.4, -0.2) is 55.3 Å². The van der Waals surface area contributed by atoms with Gasteiger partial charge >= 0.3 is 0 Å². The van der Waals surface area contributed by atoms with Crippen LogP contribution < -0.4 is 5.32 Å². The van der Waals surface area contributed by atoms with E-state index >= 15 is 0 Å². The highest BCUT2D eigenvalue weighted by atomic mass is 32.1. The second-order valence-corrected chi connectivity index (χ2v) is 7.94. The molecule has 2 amide bonds. The van der Waals surface area contributed by atoms with Crippen LogP contribution in [0.1, 0.15) is 37.3 Å². The van der Waals surface area contributed by atoms with Gasteiger partial charge in [-0.2, -0.15) is 11.3 Å². The molecule has 2 aliphatic rings. The van der Waals surface area contributed by atoms with Gasteiger partial charge in [-0.15, -0.1) is 0 Å². The van der Waals surface area contributed by atoms with Gasteiger partial charge in [-0.3, -0.25) is 9.59 Å². The molecule has 2 heterocycles. The van der Waals surface area contributed by atoms with Gasteiger partial charge in [0.2, 0.25) is 11.8 Å². The van der Waals surface area contributed by atoms with E-state index in [1.807, 2.05) is 19.0 Å². The Morgan fingerprint density at radius 3 is 2.50 bits per heavy atom. The minimum atomic E-state index is 0.0403. The Morgan fingerprint density at radius 2 is 1.96 bits per heavy atom. The number of amides is 2. The van der Waals surface area contributed by atoms with E-state index in [4.69, 9.17) is 0 Å². The lowest BCUT2D eigenvalue weighted by Gasteiger charge is -2.32. The summed E-state index contributed by atoms with van der Waals surface area (Å²) in [5.74, 6) is 0.759. The van der Waals surface area contributed by atoms with Crippen molar-refractivity contribution >= 4 is 23.2 Å². The SMILES string of the molecule is CN(C)C(CNC(=O)C1CCN(C(=O)C2CC2)CC1)c1ccsc1. The molecular formula is C18H27N3O2S. The maximum absolute atomic E-state index is 12.5. The van der Waals surface area contributed by atoms with Gasteiger partial charge in [-0.05, 0) is 62.2 Å². The van der Waals surface area contributed by atoms with Crippen LogP contribution in [0.25, 0.3) is 0 Å². The Kier molecular flexibility index (Phi) is 5.56. The molecule has 3 rings (SSSR count). The zero-order valence-corrected chi connectivity index (χ0v) is 15.3. The van der Waals surface area contributed by atoms with Gasteiger partial charge in [-0.25, -0.2) is 0 Å². The summed E-state index contributed by atoms with van der Waals surface area (Å²) in [6.07, 6.45) is 3.67. The van der Waals surface area contributed by atoms with Gasteiger partial charge in [0.15, 0.2) is 0 Å². The van der Waals surface area contributed by atoms with Gasteiger partial charge in [0.25, 0.3) is 0 Å². The summed E-state index contributed by atoms with van der Waals surface area (Å²) in [6.45, 7) is 2.09. The molecule has 6 heteroatoms. The normalized spacial score (nSPS) is 20.2. The highest BCUT2D eigenvalue weighted by Crippen LogP contribution is 2.32. The van der Waals surface area contributed by atoms with E-state index in [0.717, 1.165) is 38.8 Å². The van der Waals surface area contributed by atoms with E-state index in [-0.39, 0.29) is 23.8 Å². The fourth-order valence-electron chi connectivity index (χ4n) is 3.36. The predicted molar refractivity (Wildman–Crippen MR) is 95.8 cm³/mol. The monoisotopic (exact) mass is 349 g/mol. The average molecular weight is 350 g/mol. The van der Waals surface area contributed by atoms with Crippen molar-refractivity contribution in [2.24, 2.45) is 11.8 Å². The topological polar surface area (TPSA) is 52.7 Å². The number of thiophene rings is 1. The standard InChI is InChI=1S/C18H27N3O2S/c1-20(2)16(15-7-10-24-12-15)11-19-17(22)13-5-8-21(9-6-13)18(23)14-3-4-14/h7,10,12-14,16H,3-6,8-9,11H2,1-2H3,(H,19,22). The molecule has 24 heavy (non-hydrogen) atoms. The van der Waals surface area contributed by atoms with Gasteiger partial charge in [0.05, 0.1) is 6.04 Å². The first-order valence-corrected chi connectivity index (χ1v) is 9.75. The molecule has 1 saturated heterocycles. The maximum Gasteiger partial charge on any atom is 0.225 e. The second kappa shape index (κ2) is 7.66. The van der Waals surface area contributed by atoms with Gasteiger partial charge in [-0.1, -0.05) is 0 Å². The molecule has 1 saturated carbocycles. The van der Waals surface area contributed by atoms with E-state index in [2.05, 4.69) is 27.0 Å². The van der Waals surface area contributed by atoms with Crippen molar-refractivity contribution in [2.45, 2.75) is 31.7 Å². The number of rotatable bonds is 6. The Morgan fingerprint density at radius 1 is 1.25 bits per heavy atom. The van der Waals surface area contributed by atoms with Crippen molar-refractivity contribution in [2.75, 3.05) is 33.7 Å². The number of carbonyl (C=O) groups excluding carboxylic acids is 2. The molecule has 5 nitrogen and oxygen atoms in total. The lowest BCUT2D eigenvalue weighted by Crippen LogP contribution is -2.44. The van der Waals surface area contributed by atoms with Crippen molar-refractivity contribution in [3.63, 3.8) is 0 Å². The number of nitrogens with zero attached hydrogens (tertiary/aromatic N) is 2. The van der Waals surface area contributed by atoms with E-state index < -0.39 is 0 Å². The Hall–Kier alpha value is -1.40. The summed E-state index contributed by atoms with van der Waals surface area (Å²) in [7, 11) is 4.08. The predicted octanol–water partition coefficient (Wildman–Crippen LogP) is 2.12. The molecule has 2 fully saturated rings. The minimum Gasteiger partial charge on any atom is -0.354 e. The van der Waals surface area contributed by atoms with Crippen LogP contribution >= 0.6 is 11.3 Å². The number of hydrogen-bond donors (Lipinski definition) is 1. The number of hydrogen-bond acceptors (Lipinski definition) is 4. The van der Waals surface area contributed by atoms with Gasteiger partial charge in [0.1, 0.15) is 0 Å². The first-order chi connectivity index (χ1) is 11.6. The zero-order chi connectivity index (χ0) is 17.1. The van der Waals surface area contributed by atoms with Crippen LogP contribution in [0.2, 0.25) is 0 Å². The van der Waals surface area contributed by atoms with E-state index in [9.17, 15) is 9.59 Å². The summed E-state index contributed by atoms with van der Waals surface area (Å²) in [5.41, 5.74) is 1.25. The quantitative estimate of drug-likeness (QED) is 0.856. The third kappa shape index (κ3) is 4.16. The van der Waals surface area contributed by atoms with Crippen molar-refractivity contribution in [1.29, 1.82) is 0 Å². The molecule has 0 radical (unpaired) electrons. The molecule has 1 aliphatic carbocycles. The summed E-state index contributed by atoms with van der Waals surface area (Å²) >= 11 is 1.68. The lowest BCUT2D eigenvalue weighted by atomic mass is 9.95. The van der Waals surface area contributed by atoms with Crippen molar-refractivity contribution in [3.8, 4) is 0 Å². The smallest absolute Gasteiger partial charge is 0.225 e. The van der Waals surface area contributed by atoms with Crippen molar-refractivity contribution in [3.05, 3.63) is 22.4 Å². The Balaban J connectivity index is 1.46. The Labute approximate surface area is 148 Å². The van der Waals surface area contributed by atoms with Crippen LogP contribution in [0.3, 0.4) is 0 Å². The maximum atomic E-state index is 12.5. The molecule has 1 atom stereocenters. The molecule has 132 valence electrons. The first kappa shape index (κ1) is 17.4. The summed E-state index contributed by atoms with van der Waals surface area (Å²) in [5, 5.41) is 7.33. The van der Waals surface area contributed by atoms with Crippen molar-refractivity contribution in [1.82, 2.24) is 15.1 Å². The third-order valence-electron chi connectivity index (χ3n) is 5.12. The summed E-state index contributed by atoms with van der Waals surface area (Å²) in [6, 6.07) is 2.32. The number of nitrogens with one attached hydrogen (secondary N) is 1. The Bertz CT molecular complexity index is 561. The fourth-order valence-corrected chi connectivity index (χ4v) is 4.06. The van der Waals surface area contributed by atoms with Gasteiger partial charge < -0.3 is 15.1 Å². The number of carbonyl (C=O) groups is 2. The summed E-state index contributed by atoms with van der Waals surface area (Å²) in [4.78, 5) is 28.7. The highest BCUT2D eigenvalue weighted by Gasteiger charge is 2.36. The third-order valence-corrected chi connectivity index (χ3v) is 5.83. The average Bonchev–Trinajstić information content (AvgIpc) is 3.30. The van der Waals surface area contributed by atoms with Crippen LogP contribution in [0, 0.1) is 11.8 Å². The molecule has 0 aromatic carbocycles. The summed E-state index contributed by atoms with van der Waals surface area (Å²) < 4.78 is 0. The molecule has 1 N–H and O–H groups in total. The number of likely N-dealkylation sites (N-methyl/N-ethyl adjacent to an activating group) is 1. The molecule has 1 aliphatic heterocycles. The van der Waals surface area contributed by atoms with E-state index in [1.54, 1.807) is 11.3 Å². The zero-order valence-electron chi connectivity index (χ0n) is 14.5. The van der Waals surface area contributed by atoms with Gasteiger partial charge in [0, 0.05) is 31.5 Å². The van der Waals surface area contributed by atoms with E-state index in [0.29, 0.717) is 12.5 Å². The van der Waals surface area contributed by atoms with Crippen LogP contribution in [-0.2, 0) is 9.59 Å². The molecule has 1 unspecified atom stereocenters. The largest absolute Gasteiger partial charge is 0.354 e. The van der Waals surface area contributed by atoms with Crippen LogP contribution in [0.15, 0.2) is 16.8 Å². The lowest BCUT2D eigenvalue weighted by molar-refractivity contribution is -0.136. The van der Waals surface area contributed by atoms with Crippen LogP contribution in [0.5, 0.6) is 0 Å².